The van der Waals surface area contributed by atoms with Crippen LogP contribution in [-0.4, -0.2) is 209 Å². The smallest absolute Gasteiger partial charge is 0.435 e. The second kappa shape index (κ2) is 57.4. The molecule has 40 heteroatoms. The molecule has 3 saturated heterocycles. The Hall–Kier alpha value is -11.2. The zero-order chi connectivity index (χ0) is 103. The molecule has 16 rings (SSSR count). The lowest BCUT2D eigenvalue weighted by Crippen LogP contribution is -2.42. The number of benzene rings is 7. The molecule has 34 nitrogen and oxygen atoms in total. The lowest BCUT2D eigenvalue weighted by Gasteiger charge is -2.33. The number of nitrogens with zero attached hydrogens (tertiary/aromatic N) is 11. The van der Waals surface area contributed by atoms with Crippen LogP contribution >= 0.6 is 95.6 Å². The Balaban J connectivity index is 0.000000434. The summed E-state index contributed by atoms with van der Waals surface area (Å²) in [7, 11) is 0. The number of carboxylic acids is 1. The van der Waals surface area contributed by atoms with Crippen molar-refractivity contribution in [2.75, 3.05) is 71.4 Å². The molecule has 0 radical (unpaired) electrons. The Kier molecular flexibility index (Phi) is 50.7. The van der Waals surface area contributed by atoms with Gasteiger partial charge in [-0.15, -0.1) is 20.4 Å². The van der Waals surface area contributed by atoms with Gasteiger partial charge in [-0.2, -0.15) is 9.36 Å². The minimum absolute atomic E-state index is 0. The highest BCUT2D eigenvalue weighted by molar-refractivity contribution is 9.11. The number of carboxylic acid groups (broad SMARTS) is 1. The van der Waals surface area contributed by atoms with Crippen LogP contribution in [0.4, 0.5) is 29.7 Å². The normalized spacial score (nSPS) is 13.2. The predicted molar refractivity (Wildman–Crippen MR) is 608 cm³/mol. The monoisotopic (exact) mass is 2410 g/mol. The van der Waals surface area contributed by atoms with Crippen LogP contribution in [-0.2, 0) is 23.7 Å². The number of halogens is 6. The van der Waals surface area contributed by atoms with Crippen LogP contribution in [0.2, 0.25) is 0 Å². The van der Waals surface area contributed by atoms with Crippen molar-refractivity contribution in [1.82, 2.24) is 74.2 Å². The van der Waals surface area contributed by atoms with E-state index in [-0.39, 0.29) is 103 Å². The molecule has 3 amide bonds. The molecule has 13 aromatic rings. The molecule has 3 fully saturated rings. The van der Waals surface area contributed by atoms with Crippen LogP contribution in [0.15, 0.2) is 170 Å². The molecule has 3 aliphatic rings. The number of carbonyl (C=O) groups is 6. The minimum atomic E-state index is -1.01. The summed E-state index contributed by atoms with van der Waals surface area (Å²) in [5.41, 5.74) is 9.03. The third-order valence-electron chi connectivity index (χ3n) is 20.7. The Morgan fingerprint density at radius 2 is 0.747 bits per heavy atom. The molecule has 0 saturated carbocycles. The van der Waals surface area contributed by atoms with Gasteiger partial charge < -0.3 is 68.2 Å². The second-order valence-electron chi connectivity index (χ2n) is 37.7. The SMILES string of the molecule is C.C.C.C.C.C.C=Cc1ccc2c(c1)c(OCC)nn2C1CCN(C(=O)OC(C)(C)C)CC1.CC(C)(C)OC(=O)n1[nH]c(=O)c2cc(Br)ccc21.CC1CCN(C(=O)OC(C)(C)C)CC1.CCOc1n[nH]c2ccc(Br)cc12.CCOc1nn(C(=O)OC(C)(C)C)c2ccc(Br)cc12.CCOc1nn(C2CCN(C(=O)OC(C)(C)C)CC2)c2ccc(Br)cc12.Nc1ccc(Br)cc1C(=O)O.O=c1[nH][nH]c2ccc(Br)cc12. The highest BCUT2D eigenvalue weighted by Crippen LogP contribution is 2.38. The molecule has 7 N–H and O–H groups in total. The van der Waals surface area contributed by atoms with Crippen molar-refractivity contribution < 1.29 is 76.5 Å². The summed E-state index contributed by atoms with van der Waals surface area (Å²) in [5.74, 6) is 2.15. The summed E-state index contributed by atoms with van der Waals surface area (Å²) >= 11 is 20.0. The molecule has 0 bridgehead atoms. The van der Waals surface area contributed by atoms with Gasteiger partial charge in [-0.1, -0.05) is 166 Å². The topological polar surface area (TPSA) is 410 Å². The van der Waals surface area contributed by atoms with Crippen molar-refractivity contribution in [3.8, 4) is 23.5 Å². The van der Waals surface area contributed by atoms with E-state index in [9.17, 15) is 38.4 Å². The maximum absolute atomic E-state index is 12.3. The quantitative estimate of drug-likeness (QED) is 0.0489. The van der Waals surface area contributed by atoms with Crippen LogP contribution in [0.5, 0.6) is 23.5 Å². The Bertz CT molecular complexity index is 6580. The lowest BCUT2D eigenvalue weighted by molar-refractivity contribution is 0.0175. The number of amides is 3. The second-order valence-corrected chi connectivity index (χ2v) is 43.2. The third kappa shape index (κ3) is 37.9. The molecule has 0 spiro atoms. The fourth-order valence-corrected chi connectivity index (χ4v) is 16.5. The maximum atomic E-state index is 12.3. The number of hydrogen-bond acceptors (Lipinski definition) is 22. The highest BCUT2D eigenvalue weighted by Gasteiger charge is 2.34. The molecule has 146 heavy (non-hydrogen) atoms. The number of nitrogens with one attached hydrogen (secondary N) is 4. The van der Waals surface area contributed by atoms with E-state index in [4.69, 9.17) is 63.7 Å². The van der Waals surface area contributed by atoms with Crippen molar-refractivity contribution in [2.45, 2.75) is 262 Å². The van der Waals surface area contributed by atoms with E-state index < -0.39 is 40.6 Å². The number of anilines is 1. The van der Waals surface area contributed by atoms with Crippen LogP contribution in [0.25, 0.3) is 71.5 Å². The first-order chi connectivity index (χ1) is 65.8. The first kappa shape index (κ1) is 129. The van der Waals surface area contributed by atoms with Crippen molar-refractivity contribution in [3.05, 3.63) is 193 Å². The van der Waals surface area contributed by atoms with Crippen LogP contribution in [0, 0.1) is 5.92 Å². The Labute approximate surface area is 908 Å². The van der Waals surface area contributed by atoms with Crippen molar-refractivity contribution in [1.29, 1.82) is 0 Å². The number of ether oxygens (including phenoxy) is 9. The highest BCUT2D eigenvalue weighted by atomic mass is 79.9. The van der Waals surface area contributed by atoms with Gasteiger partial charge in [0, 0.05) is 71.8 Å². The van der Waals surface area contributed by atoms with Gasteiger partial charge in [0.15, 0.2) is 0 Å². The Morgan fingerprint density at radius 3 is 1.17 bits per heavy atom. The number of hydrogen-bond donors (Lipinski definition) is 6. The lowest BCUT2D eigenvalue weighted by atomic mass is 10.00. The number of aromatic nitrogens is 12. The average molecular weight is 2420 g/mol. The first-order valence-electron chi connectivity index (χ1n) is 45.9. The standard InChI is InChI=1S/C21H29N3O3.C19H26BrN3O3.C14H17BrN2O3.C12H13BrN2O3.C11H21NO2.C9H9BrN2O.C7H5BrN2O.C7H6BrNO2.6CH4/c1-6-15-8-9-18-17(14-15)19(26-7-2)22-24(18)16-10-12-23(13-11-16)20(25)27-21(3,4)5;1-5-25-17-15-12-13(20)6-7-16(15)23(21-17)14-8-10-22(11-9-14)18(24)26-19(2,3)4;1-5-19-12-10-8-9(15)6-7-11(10)17(16-12)13(18)20-14(2,3)4;1-12(2,3)18-11(17)15-9-5-4-7(13)6-8(9)10(16)14-15;1-9-5-7-12(8-6-9)10(13)14-11(2,3)4;1-2-13-9-7-5-6(10)3-4-8(7)11-12-9;8-4-1-2-6-5(3-4)7(11)10-9-6;8-4-1-2-6(9)5(3-4)7(10)11;;;;;;/h6,8-9,14,16H,1,7,10-13H2,2-5H3;6-7,12,14H,5,8-11H2,1-4H3;6-8H,5H2,1-4H3;4-6H,1-3H3,(H,14,16);9H,5-8H2,1-4H3;3-5H,2H2,1H3,(H,11,12);1-3H,(H2,9,10,11);1-3H,9H2,(H,10,11);6*1H4. The summed E-state index contributed by atoms with van der Waals surface area (Å²) in [6.45, 7) is 48.2. The van der Waals surface area contributed by atoms with Gasteiger partial charge in [0.25, 0.3) is 11.1 Å². The first-order valence-corrected chi connectivity index (χ1v) is 50.6. The number of nitrogen functional groups attached to an aromatic ring is 1. The van der Waals surface area contributed by atoms with Gasteiger partial charge >= 0.3 is 36.4 Å². The summed E-state index contributed by atoms with van der Waals surface area (Å²) in [6, 6.07) is 39.5. The van der Waals surface area contributed by atoms with E-state index in [1.807, 2.05) is 182 Å². The molecular formula is C106H150Br6N16O18. The molecule has 0 aliphatic carbocycles. The van der Waals surface area contributed by atoms with Crippen LogP contribution in [0.3, 0.4) is 0 Å². The van der Waals surface area contributed by atoms with E-state index >= 15 is 0 Å². The minimum Gasteiger partial charge on any atom is -0.478 e. The van der Waals surface area contributed by atoms with E-state index in [0.717, 1.165) is 134 Å². The zero-order valence-corrected chi connectivity index (χ0v) is 92.1. The fraction of sp³-hybridized carbons (Fsp3) is 0.472. The van der Waals surface area contributed by atoms with E-state index in [2.05, 4.69) is 167 Å². The molecule has 0 atom stereocenters. The number of aromatic carboxylic acids is 1. The van der Waals surface area contributed by atoms with Gasteiger partial charge in [-0.3, -0.25) is 39.3 Å². The van der Waals surface area contributed by atoms with E-state index in [0.29, 0.717) is 102 Å². The summed E-state index contributed by atoms with van der Waals surface area (Å²) in [4.78, 5) is 98.9. The largest absolute Gasteiger partial charge is 0.478 e. The molecule has 7 aromatic carbocycles. The van der Waals surface area contributed by atoms with Crippen LogP contribution < -0.4 is 35.8 Å². The molecule has 0 unspecified atom stereocenters. The van der Waals surface area contributed by atoms with Crippen molar-refractivity contribution in [3.63, 3.8) is 0 Å². The summed E-state index contributed by atoms with van der Waals surface area (Å²) in [6.07, 6.45) is 5.63. The molecular weight excluding hydrogens is 2260 g/mol. The number of H-pyrrole nitrogens is 4. The Morgan fingerprint density at radius 1 is 0.404 bits per heavy atom. The predicted octanol–water partition coefficient (Wildman–Crippen LogP) is 28.8. The zero-order valence-electron chi connectivity index (χ0n) is 82.6. The van der Waals surface area contributed by atoms with Crippen LogP contribution in [0.1, 0.15) is 250 Å². The fourth-order valence-electron chi connectivity index (χ4n) is 14.4. The number of likely N-dealkylation sites (tertiary alicyclic amines) is 3. The third-order valence-corrected chi connectivity index (χ3v) is 23.7. The number of aromatic amines is 4. The molecule has 9 heterocycles. The molecule has 804 valence electrons. The van der Waals surface area contributed by atoms with Gasteiger partial charge in [0.1, 0.15) is 28.0 Å². The molecule has 6 aromatic heterocycles. The number of nitrogens with two attached hydrogens (primary N) is 1. The van der Waals surface area contributed by atoms with Gasteiger partial charge in [-0.05, 0) is 303 Å². The van der Waals surface area contributed by atoms with E-state index in [1.54, 1.807) is 73.0 Å². The summed E-state index contributed by atoms with van der Waals surface area (Å²) < 4.78 is 60.9. The molecule has 3 aliphatic heterocycles. The van der Waals surface area contributed by atoms with Gasteiger partial charge in [0.05, 0.1) is 109 Å². The maximum Gasteiger partial charge on any atom is 0.435 e. The number of carbonyl (C=O) groups excluding carboxylic acids is 5. The number of fused-ring (bicyclic) bond motifs is 6. The number of piperidine rings is 3. The van der Waals surface area contributed by atoms with Gasteiger partial charge in [-0.25, -0.2) is 28.8 Å². The van der Waals surface area contributed by atoms with Crippen molar-refractivity contribution >= 4 is 209 Å². The average Bonchev–Trinajstić information content (AvgIpc) is 1.65. The number of rotatable bonds is 12. The van der Waals surface area contributed by atoms with Crippen molar-refractivity contribution in [2.24, 2.45) is 5.92 Å². The van der Waals surface area contributed by atoms with Gasteiger partial charge in [0.2, 0.25) is 23.5 Å². The summed E-state index contributed by atoms with van der Waals surface area (Å²) in [5, 5.41) is 41.8. The van der Waals surface area contributed by atoms with E-state index in [1.165, 1.54) is 10.7 Å².